The molecule has 2 atom stereocenters. The second kappa shape index (κ2) is 7.89. The Morgan fingerprint density at radius 3 is 2.32 bits per heavy atom. The summed E-state index contributed by atoms with van der Waals surface area (Å²) < 4.78 is 1.11. The largest absolute Gasteiger partial charge is 0.365 e. The monoisotopic (exact) mass is 550 g/mol. The van der Waals surface area contributed by atoms with Gasteiger partial charge in [-0.1, -0.05) is 37.5 Å². The number of hydrogen-bond donors (Lipinski definition) is 1. The van der Waals surface area contributed by atoms with Crippen LogP contribution in [-0.2, 0) is 9.63 Å². The van der Waals surface area contributed by atoms with Gasteiger partial charge >= 0.3 is 5.97 Å². The van der Waals surface area contributed by atoms with Crippen LogP contribution in [0.1, 0.15) is 50.4 Å². The van der Waals surface area contributed by atoms with Crippen molar-refractivity contribution in [3.05, 3.63) is 62.7 Å². The van der Waals surface area contributed by atoms with Crippen molar-refractivity contribution in [3.8, 4) is 0 Å². The molecule has 5 nitrogen and oxygen atoms in total. The third-order valence-corrected chi connectivity index (χ3v) is 8.56. The van der Waals surface area contributed by atoms with Gasteiger partial charge in [-0.15, -0.1) is 0 Å². The predicted molar refractivity (Wildman–Crippen MR) is 130 cm³/mol. The first-order chi connectivity index (χ1) is 14.6. The zero-order chi connectivity index (χ0) is 22.4. The molecule has 2 fully saturated rings. The van der Waals surface area contributed by atoms with Gasteiger partial charge in [0, 0.05) is 26.1 Å². The van der Waals surface area contributed by atoms with E-state index in [2.05, 4.69) is 53.8 Å². The van der Waals surface area contributed by atoms with E-state index in [0.717, 1.165) is 27.8 Å². The third kappa shape index (κ3) is 3.57. The quantitative estimate of drug-likeness (QED) is 0.275. The summed E-state index contributed by atoms with van der Waals surface area (Å²) in [6.07, 6.45) is 2.06. The minimum Gasteiger partial charge on any atom is -0.326 e. The van der Waals surface area contributed by atoms with Crippen LogP contribution in [0.25, 0.3) is 0 Å². The van der Waals surface area contributed by atoms with Crippen LogP contribution in [0.3, 0.4) is 0 Å². The first-order valence-corrected chi connectivity index (χ1v) is 11.7. The van der Waals surface area contributed by atoms with Gasteiger partial charge in [0.1, 0.15) is 0 Å². The van der Waals surface area contributed by atoms with E-state index in [1.165, 1.54) is 0 Å². The first-order valence-electron chi connectivity index (χ1n) is 10.2. The summed E-state index contributed by atoms with van der Waals surface area (Å²) in [6, 6.07) is 14.2. The fourth-order valence-electron chi connectivity index (χ4n) is 5.04. The maximum Gasteiger partial charge on any atom is 0.365 e. The van der Waals surface area contributed by atoms with Crippen LogP contribution in [-0.4, -0.2) is 17.6 Å². The molecule has 0 radical (unpaired) electrons. The Kier molecular flexibility index (Phi) is 5.67. The Labute approximate surface area is 200 Å². The topological polar surface area (TPSA) is 67.8 Å². The van der Waals surface area contributed by atoms with Crippen LogP contribution < -0.4 is 5.32 Å². The lowest BCUT2D eigenvalue weighted by molar-refractivity contribution is -0.130. The van der Waals surface area contributed by atoms with Crippen molar-refractivity contribution in [2.45, 2.75) is 40.0 Å². The van der Waals surface area contributed by atoms with E-state index in [1.807, 2.05) is 24.3 Å². The Hall–Kier alpha value is -1.93. The average molecular weight is 551 g/mol. The summed E-state index contributed by atoms with van der Waals surface area (Å²) in [5.41, 5.74) is 0.672. The Morgan fingerprint density at radius 2 is 1.68 bits per heavy atom. The molecule has 31 heavy (non-hydrogen) atoms. The molecule has 1 N–H and O–H groups in total. The molecule has 0 aromatic heterocycles. The average Bonchev–Trinajstić information content (AvgIpc) is 3.05. The Morgan fingerprint density at radius 1 is 1.03 bits per heavy atom. The number of carbonyl (C=O) groups excluding carboxylic acids is 2. The number of halogens is 2. The Bertz CT molecular complexity index is 1070. The van der Waals surface area contributed by atoms with Gasteiger partial charge in [-0.3, -0.25) is 4.79 Å². The smallest absolute Gasteiger partial charge is 0.326 e. The van der Waals surface area contributed by atoms with Crippen molar-refractivity contribution >= 4 is 57.5 Å². The zero-order valence-electron chi connectivity index (χ0n) is 17.7. The number of amides is 1. The molecule has 2 bridgehead atoms. The molecule has 162 valence electrons. The molecule has 2 aromatic carbocycles. The standard InChI is InChI=1S/C24H24ClIN2O3/c1-22(2)23(3)12-13-24(22,21(30)27-18-10-8-17(26)9-11-18)14-19(23)28-31-20(29)15-4-6-16(25)7-5-15/h4-11H,12-14H2,1-3H3,(H,27,30). The highest BCUT2D eigenvalue weighted by Crippen LogP contribution is 2.71. The second-order valence-corrected chi connectivity index (χ2v) is 10.8. The van der Waals surface area contributed by atoms with E-state index in [0.29, 0.717) is 17.0 Å². The summed E-state index contributed by atoms with van der Waals surface area (Å²) >= 11 is 8.12. The van der Waals surface area contributed by atoms with Gasteiger partial charge in [0.25, 0.3) is 0 Å². The number of fused-ring (bicyclic) bond motifs is 2. The highest BCUT2D eigenvalue weighted by molar-refractivity contribution is 14.1. The molecule has 0 aliphatic heterocycles. The minimum absolute atomic E-state index is 0.00309. The number of benzene rings is 2. The van der Waals surface area contributed by atoms with Gasteiger partial charge in [-0.2, -0.15) is 0 Å². The normalized spacial score (nSPS) is 27.3. The van der Waals surface area contributed by atoms with E-state index in [4.69, 9.17) is 16.4 Å². The van der Waals surface area contributed by atoms with Crippen LogP contribution in [0.15, 0.2) is 53.7 Å². The lowest BCUT2D eigenvalue weighted by Crippen LogP contribution is -2.43. The number of oxime groups is 1. The van der Waals surface area contributed by atoms with Crippen molar-refractivity contribution in [2.24, 2.45) is 21.4 Å². The van der Waals surface area contributed by atoms with E-state index in [-0.39, 0.29) is 16.7 Å². The summed E-state index contributed by atoms with van der Waals surface area (Å²) in [4.78, 5) is 31.2. The number of rotatable bonds is 4. The molecule has 1 amide bonds. The fraction of sp³-hybridized carbons (Fsp3) is 0.375. The molecule has 0 heterocycles. The minimum atomic E-state index is -0.601. The maximum atomic E-state index is 13.5. The number of anilines is 1. The summed E-state index contributed by atoms with van der Waals surface area (Å²) in [5, 5.41) is 7.92. The molecule has 2 aliphatic rings. The van der Waals surface area contributed by atoms with Crippen molar-refractivity contribution in [1.82, 2.24) is 0 Å². The molecular formula is C24H24ClIN2O3. The van der Waals surface area contributed by atoms with E-state index < -0.39 is 11.4 Å². The molecule has 2 aliphatic carbocycles. The maximum absolute atomic E-state index is 13.5. The summed E-state index contributed by atoms with van der Waals surface area (Å²) in [5.74, 6) is -0.539. The fourth-order valence-corrected chi connectivity index (χ4v) is 5.53. The van der Waals surface area contributed by atoms with Gasteiger partial charge in [-0.25, -0.2) is 4.79 Å². The van der Waals surface area contributed by atoms with Gasteiger partial charge in [-0.05, 0) is 89.4 Å². The van der Waals surface area contributed by atoms with Crippen LogP contribution >= 0.6 is 34.2 Å². The van der Waals surface area contributed by atoms with Crippen LogP contribution in [0.2, 0.25) is 5.02 Å². The highest BCUT2D eigenvalue weighted by atomic mass is 127. The first kappa shape index (κ1) is 22.3. The lowest BCUT2D eigenvalue weighted by Gasteiger charge is -2.39. The van der Waals surface area contributed by atoms with Crippen molar-refractivity contribution < 1.29 is 14.4 Å². The van der Waals surface area contributed by atoms with E-state index in [9.17, 15) is 9.59 Å². The number of nitrogens with one attached hydrogen (secondary N) is 1. The number of hydrogen-bond acceptors (Lipinski definition) is 4. The zero-order valence-corrected chi connectivity index (χ0v) is 20.6. The Balaban J connectivity index is 1.57. The number of carbonyl (C=O) groups is 2. The summed E-state index contributed by atoms with van der Waals surface area (Å²) in [6.45, 7) is 6.36. The molecule has 2 saturated carbocycles. The molecule has 7 heteroatoms. The van der Waals surface area contributed by atoms with E-state index in [1.54, 1.807) is 24.3 Å². The van der Waals surface area contributed by atoms with Crippen LogP contribution in [0.4, 0.5) is 5.69 Å². The SMILES string of the molecule is CC12CCC(C(=O)Nc3ccc(I)cc3)(CC1=NOC(=O)c1ccc(Cl)cc1)C2(C)C. The van der Waals surface area contributed by atoms with Crippen molar-refractivity contribution in [3.63, 3.8) is 0 Å². The molecule has 0 saturated heterocycles. The van der Waals surface area contributed by atoms with E-state index >= 15 is 0 Å². The molecular weight excluding hydrogens is 527 g/mol. The van der Waals surface area contributed by atoms with Crippen LogP contribution in [0, 0.1) is 19.8 Å². The van der Waals surface area contributed by atoms with Gasteiger partial charge in [0.05, 0.1) is 16.7 Å². The third-order valence-electron chi connectivity index (χ3n) is 7.59. The molecule has 2 unspecified atom stereocenters. The lowest BCUT2D eigenvalue weighted by atomic mass is 9.64. The number of nitrogens with zero attached hydrogens (tertiary/aromatic N) is 1. The second-order valence-electron chi connectivity index (χ2n) is 9.10. The molecule has 4 rings (SSSR count). The molecule has 0 spiro atoms. The van der Waals surface area contributed by atoms with Crippen molar-refractivity contribution in [1.29, 1.82) is 0 Å². The van der Waals surface area contributed by atoms with Gasteiger partial charge < -0.3 is 10.2 Å². The van der Waals surface area contributed by atoms with Crippen LogP contribution in [0.5, 0.6) is 0 Å². The van der Waals surface area contributed by atoms with Gasteiger partial charge in [0.15, 0.2) is 0 Å². The van der Waals surface area contributed by atoms with Crippen molar-refractivity contribution in [2.75, 3.05) is 5.32 Å². The molecule has 2 aromatic rings. The predicted octanol–water partition coefficient (Wildman–Crippen LogP) is 6.31. The van der Waals surface area contributed by atoms with Gasteiger partial charge in [0.2, 0.25) is 5.91 Å². The summed E-state index contributed by atoms with van der Waals surface area (Å²) in [7, 11) is 0. The highest BCUT2D eigenvalue weighted by Gasteiger charge is 2.71.